The van der Waals surface area contributed by atoms with Crippen LogP contribution in [0.5, 0.6) is 5.75 Å². The third-order valence-electron chi connectivity index (χ3n) is 2.99. The van der Waals surface area contributed by atoms with Crippen LogP contribution in [0.4, 0.5) is 0 Å². The summed E-state index contributed by atoms with van der Waals surface area (Å²) in [5.41, 5.74) is 0.765. The van der Waals surface area contributed by atoms with Crippen LogP contribution in [0.15, 0.2) is 28.8 Å². The standard InChI is InChI=1S/C13H15N3O2S/c17-11-3-1-2-9(6-11)13-15-12(18-16-13)7-10-8-19-5-4-14-10/h1-3,6,10,14,17H,4-5,7-8H2. The number of aromatic hydroxyl groups is 1. The Morgan fingerprint density at radius 2 is 2.42 bits per heavy atom. The first-order valence-corrected chi connectivity index (χ1v) is 7.40. The van der Waals surface area contributed by atoms with E-state index in [0.29, 0.717) is 17.8 Å². The number of nitrogens with one attached hydrogen (secondary N) is 1. The summed E-state index contributed by atoms with van der Waals surface area (Å²) in [4.78, 5) is 4.38. The van der Waals surface area contributed by atoms with Crippen molar-refractivity contribution in [2.75, 3.05) is 18.1 Å². The summed E-state index contributed by atoms with van der Waals surface area (Å²) in [6.45, 7) is 1.03. The van der Waals surface area contributed by atoms with Crippen LogP contribution < -0.4 is 5.32 Å². The smallest absolute Gasteiger partial charge is 0.228 e. The van der Waals surface area contributed by atoms with Gasteiger partial charge in [0, 0.05) is 36.1 Å². The van der Waals surface area contributed by atoms with Crippen molar-refractivity contribution in [3.8, 4) is 17.1 Å². The number of rotatable bonds is 3. The summed E-state index contributed by atoms with van der Waals surface area (Å²) in [6.07, 6.45) is 0.749. The second kappa shape index (κ2) is 5.63. The number of phenols is 1. The van der Waals surface area contributed by atoms with Gasteiger partial charge in [0.25, 0.3) is 0 Å². The molecule has 0 spiro atoms. The molecule has 3 rings (SSSR count). The molecule has 19 heavy (non-hydrogen) atoms. The highest BCUT2D eigenvalue weighted by Gasteiger charge is 2.17. The van der Waals surface area contributed by atoms with Crippen molar-refractivity contribution in [1.82, 2.24) is 15.5 Å². The Balaban J connectivity index is 1.72. The highest BCUT2D eigenvalue weighted by Crippen LogP contribution is 2.21. The van der Waals surface area contributed by atoms with Gasteiger partial charge >= 0.3 is 0 Å². The molecule has 1 aliphatic rings. The van der Waals surface area contributed by atoms with Gasteiger partial charge in [-0.25, -0.2) is 0 Å². The van der Waals surface area contributed by atoms with Gasteiger partial charge in [-0.2, -0.15) is 16.7 Å². The first kappa shape index (κ1) is 12.5. The molecule has 1 unspecified atom stereocenters. The molecule has 0 amide bonds. The Bertz CT molecular complexity index is 552. The molecular formula is C13H15N3O2S. The van der Waals surface area contributed by atoms with E-state index >= 15 is 0 Å². The average Bonchev–Trinajstić information content (AvgIpc) is 2.88. The molecule has 100 valence electrons. The van der Waals surface area contributed by atoms with E-state index < -0.39 is 0 Å². The summed E-state index contributed by atoms with van der Waals surface area (Å²) < 4.78 is 5.27. The molecule has 1 aromatic heterocycles. The fourth-order valence-corrected chi connectivity index (χ4v) is 3.01. The van der Waals surface area contributed by atoms with Crippen LogP contribution in [0.2, 0.25) is 0 Å². The molecule has 2 N–H and O–H groups in total. The molecule has 1 atom stereocenters. The second-order valence-corrected chi connectivity index (χ2v) is 5.64. The number of hydrogen-bond acceptors (Lipinski definition) is 6. The van der Waals surface area contributed by atoms with Crippen LogP contribution in [-0.4, -0.2) is 39.3 Å². The number of thioether (sulfide) groups is 1. The van der Waals surface area contributed by atoms with Crippen LogP contribution in [0, 0.1) is 0 Å². The largest absolute Gasteiger partial charge is 0.508 e. The quantitative estimate of drug-likeness (QED) is 0.889. The lowest BCUT2D eigenvalue weighted by Gasteiger charge is -2.21. The Labute approximate surface area is 115 Å². The van der Waals surface area contributed by atoms with Crippen molar-refractivity contribution in [2.24, 2.45) is 0 Å². The Morgan fingerprint density at radius 3 is 3.21 bits per heavy atom. The van der Waals surface area contributed by atoms with Gasteiger partial charge in [0.1, 0.15) is 5.75 Å². The average molecular weight is 277 g/mol. The molecule has 0 bridgehead atoms. The van der Waals surface area contributed by atoms with Gasteiger partial charge < -0.3 is 14.9 Å². The number of hydrogen-bond donors (Lipinski definition) is 2. The first-order valence-electron chi connectivity index (χ1n) is 6.24. The third-order valence-corrected chi connectivity index (χ3v) is 4.12. The predicted molar refractivity (Wildman–Crippen MR) is 74.2 cm³/mol. The minimum Gasteiger partial charge on any atom is -0.508 e. The van der Waals surface area contributed by atoms with E-state index in [1.54, 1.807) is 18.2 Å². The molecule has 0 saturated carbocycles. The normalized spacial score (nSPS) is 19.5. The summed E-state index contributed by atoms with van der Waals surface area (Å²) in [6, 6.07) is 7.26. The molecule has 2 heterocycles. The maximum Gasteiger partial charge on any atom is 0.228 e. The van der Waals surface area contributed by atoms with Crippen LogP contribution in [-0.2, 0) is 6.42 Å². The van der Waals surface area contributed by atoms with Crippen LogP contribution in [0.25, 0.3) is 11.4 Å². The number of phenolic OH excluding ortho intramolecular Hbond substituents is 1. The lowest BCUT2D eigenvalue weighted by atomic mass is 10.2. The van der Waals surface area contributed by atoms with E-state index in [1.165, 1.54) is 0 Å². The third kappa shape index (κ3) is 3.08. The minimum atomic E-state index is 0.203. The van der Waals surface area contributed by atoms with Crippen molar-refractivity contribution >= 4 is 11.8 Å². The van der Waals surface area contributed by atoms with Crippen LogP contribution in [0.3, 0.4) is 0 Å². The number of nitrogens with zero attached hydrogens (tertiary/aromatic N) is 2. The van der Waals surface area contributed by atoms with Gasteiger partial charge in [0.05, 0.1) is 0 Å². The molecular weight excluding hydrogens is 262 g/mol. The molecule has 1 aliphatic heterocycles. The maximum atomic E-state index is 9.44. The summed E-state index contributed by atoms with van der Waals surface area (Å²) in [7, 11) is 0. The Morgan fingerprint density at radius 1 is 1.47 bits per heavy atom. The molecule has 0 radical (unpaired) electrons. The molecule has 0 aliphatic carbocycles. The second-order valence-electron chi connectivity index (χ2n) is 4.49. The van der Waals surface area contributed by atoms with Gasteiger partial charge in [-0.3, -0.25) is 0 Å². The van der Waals surface area contributed by atoms with Gasteiger partial charge in [-0.15, -0.1) is 0 Å². The lowest BCUT2D eigenvalue weighted by molar-refractivity contribution is 0.363. The minimum absolute atomic E-state index is 0.203. The van der Waals surface area contributed by atoms with E-state index in [2.05, 4.69) is 15.5 Å². The zero-order chi connectivity index (χ0) is 13.1. The highest BCUT2D eigenvalue weighted by molar-refractivity contribution is 7.99. The van der Waals surface area contributed by atoms with Gasteiger partial charge in [0.2, 0.25) is 11.7 Å². The Hall–Kier alpha value is -1.53. The van der Waals surface area contributed by atoms with E-state index in [0.717, 1.165) is 30.0 Å². The fraction of sp³-hybridized carbons (Fsp3) is 0.385. The molecule has 1 saturated heterocycles. The molecule has 1 aromatic carbocycles. The van der Waals surface area contributed by atoms with Crippen molar-refractivity contribution in [3.05, 3.63) is 30.2 Å². The van der Waals surface area contributed by atoms with Crippen molar-refractivity contribution in [3.63, 3.8) is 0 Å². The summed E-state index contributed by atoms with van der Waals surface area (Å²) in [5, 5.41) is 16.8. The first-order chi connectivity index (χ1) is 9.31. The maximum absolute atomic E-state index is 9.44. The monoisotopic (exact) mass is 277 g/mol. The molecule has 2 aromatic rings. The van der Waals surface area contributed by atoms with Crippen molar-refractivity contribution in [1.29, 1.82) is 0 Å². The van der Waals surface area contributed by atoms with Gasteiger partial charge in [-0.05, 0) is 12.1 Å². The summed E-state index contributed by atoms with van der Waals surface area (Å²) in [5.74, 6) is 3.60. The van der Waals surface area contributed by atoms with E-state index in [1.807, 2.05) is 17.8 Å². The van der Waals surface area contributed by atoms with Crippen molar-refractivity contribution in [2.45, 2.75) is 12.5 Å². The lowest BCUT2D eigenvalue weighted by Crippen LogP contribution is -2.38. The van der Waals surface area contributed by atoms with Gasteiger partial charge in [0.15, 0.2) is 0 Å². The predicted octanol–water partition coefficient (Wildman–Crippen LogP) is 1.69. The number of benzene rings is 1. The molecule has 6 heteroatoms. The van der Waals surface area contributed by atoms with Crippen LogP contribution in [0.1, 0.15) is 5.89 Å². The molecule has 5 nitrogen and oxygen atoms in total. The number of aromatic nitrogens is 2. The SMILES string of the molecule is Oc1cccc(-c2noc(CC3CSCCN3)n2)c1. The molecule has 1 fully saturated rings. The van der Waals surface area contributed by atoms with Crippen molar-refractivity contribution < 1.29 is 9.63 Å². The zero-order valence-corrected chi connectivity index (χ0v) is 11.2. The van der Waals surface area contributed by atoms with E-state index in [-0.39, 0.29) is 5.75 Å². The van der Waals surface area contributed by atoms with Crippen LogP contribution >= 0.6 is 11.8 Å². The van der Waals surface area contributed by atoms with Gasteiger partial charge in [-0.1, -0.05) is 17.3 Å². The fourth-order valence-electron chi connectivity index (χ4n) is 2.06. The zero-order valence-electron chi connectivity index (χ0n) is 10.4. The Kier molecular flexibility index (Phi) is 3.70. The van der Waals surface area contributed by atoms with E-state index in [9.17, 15) is 5.11 Å². The highest BCUT2D eigenvalue weighted by atomic mass is 32.2. The summed E-state index contributed by atoms with van der Waals surface area (Å²) >= 11 is 1.94. The topological polar surface area (TPSA) is 71.2 Å². The van der Waals surface area contributed by atoms with E-state index in [4.69, 9.17) is 4.52 Å².